The van der Waals surface area contributed by atoms with Gasteiger partial charge >= 0.3 is 0 Å². The average molecular weight is 300 g/mol. The van der Waals surface area contributed by atoms with E-state index < -0.39 is 10.0 Å². The van der Waals surface area contributed by atoms with E-state index in [9.17, 15) is 8.42 Å². The van der Waals surface area contributed by atoms with Crippen molar-refractivity contribution in [3.8, 4) is 0 Å². The maximum absolute atomic E-state index is 12.5. The molecule has 7 heteroatoms. The zero-order valence-corrected chi connectivity index (χ0v) is 13.2. The Balaban J connectivity index is 2.21. The molecule has 1 aliphatic carbocycles. The lowest BCUT2D eigenvalue weighted by Gasteiger charge is -2.34. The van der Waals surface area contributed by atoms with Crippen LogP contribution in [-0.4, -0.2) is 24.2 Å². The van der Waals surface area contributed by atoms with Crippen molar-refractivity contribution in [2.45, 2.75) is 50.5 Å². The highest BCUT2D eigenvalue weighted by atomic mass is 32.2. The van der Waals surface area contributed by atoms with Gasteiger partial charge in [-0.1, -0.05) is 26.7 Å². The van der Waals surface area contributed by atoms with Crippen LogP contribution < -0.4 is 10.5 Å². The van der Waals surface area contributed by atoms with Crippen molar-refractivity contribution in [3.05, 3.63) is 6.20 Å². The van der Waals surface area contributed by atoms with Crippen molar-refractivity contribution in [3.63, 3.8) is 0 Å². The van der Waals surface area contributed by atoms with Crippen molar-refractivity contribution >= 4 is 15.8 Å². The lowest BCUT2D eigenvalue weighted by molar-refractivity contribution is 0.226. The Morgan fingerprint density at radius 1 is 1.40 bits per heavy atom. The number of anilines is 1. The molecule has 0 aromatic carbocycles. The van der Waals surface area contributed by atoms with Crippen LogP contribution in [0.15, 0.2) is 11.1 Å². The first-order valence-electron chi connectivity index (χ1n) is 7.12. The van der Waals surface area contributed by atoms with Gasteiger partial charge in [-0.2, -0.15) is 5.10 Å². The van der Waals surface area contributed by atoms with Crippen molar-refractivity contribution in [2.24, 2.45) is 18.9 Å². The normalized spacial score (nSPS) is 24.2. The first-order valence-corrected chi connectivity index (χ1v) is 8.61. The fourth-order valence-electron chi connectivity index (χ4n) is 3.06. The summed E-state index contributed by atoms with van der Waals surface area (Å²) in [4.78, 5) is 0.0769. The Hall–Kier alpha value is -1.08. The van der Waals surface area contributed by atoms with Crippen LogP contribution in [0.5, 0.6) is 0 Å². The van der Waals surface area contributed by atoms with Crippen LogP contribution in [-0.2, 0) is 17.1 Å². The summed E-state index contributed by atoms with van der Waals surface area (Å²) in [5.74, 6) is 0.905. The minimum Gasteiger partial charge on any atom is -0.381 e. The van der Waals surface area contributed by atoms with E-state index in [2.05, 4.69) is 23.7 Å². The predicted octanol–water partition coefficient (Wildman–Crippen LogP) is 1.50. The summed E-state index contributed by atoms with van der Waals surface area (Å²) in [7, 11) is -1.93. The minimum atomic E-state index is -3.59. The lowest BCUT2D eigenvalue weighted by Crippen LogP contribution is -2.43. The minimum absolute atomic E-state index is 0.00615. The second kappa shape index (κ2) is 5.73. The van der Waals surface area contributed by atoms with Crippen LogP contribution in [0, 0.1) is 11.8 Å². The molecule has 2 rings (SSSR count). The van der Waals surface area contributed by atoms with Crippen LogP contribution in [0.25, 0.3) is 0 Å². The molecule has 1 aliphatic rings. The van der Waals surface area contributed by atoms with Gasteiger partial charge in [-0.15, -0.1) is 0 Å². The number of nitrogens with two attached hydrogens (primary N) is 1. The van der Waals surface area contributed by atoms with E-state index >= 15 is 0 Å². The molecule has 114 valence electrons. The summed E-state index contributed by atoms with van der Waals surface area (Å²) in [6.07, 6.45) is 5.66. The standard InChI is InChI=1S/C13H24N4O2S/c1-9(2)10-6-4-5-7-11(10)16-20(18,19)12-8-17(3)15-13(12)14/h8-11,16H,4-7H2,1-3H3,(H2,14,15). The number of aromatic nitrogens is 2. The molecule has 3 N–H and O–H groups in total. The van der Waals surface area contributed by atoms with Gasteiger partial charge in [-0.3, -0.25) is 4.68 Å². The SMILES string of the molecule is CC(C)C1CCCCC1NS(=O)(=O)c1cn(C)nc1N. The number of sulfonamides is 1. The Labute approximate surface area is 120 Å². The molecule has 0 saturated heterocycles. The summed E-state index contributed by atoms with van der Waals surface area (Å²) < 4.78 is 29.2. The quantitative estimate of drug-likeness (QED) is 0.881. The second-order valence-corrected chi connectivity index (χ2v) is 7.65. The Kier molecular flexibility index (Phi) is 4.39. The topological polar surface area (TPSA) is 90.0 Å². The summed E-state index contributed by atoms with van der Waals surface area (Å²) in [5.41, 5.74) is 5.68. The van der Waals surface area contributed by atoms with Crippen molar-refractivity contribution < 1.29 is 8.42 Å². The summed E-state index contributed by atoms with van der Waals surface area (Å²) in [6.45, 7) is 4.30. The van der Waals surface area contributed by atoms with Gasteiger partial charge in [0.15, 0.2) is 5.82 Å². The van der Waals surface area contributed by atoms with Gasteiger partial charge in [0.05, 0.1) is 0 Å². The number of hydrogen-bond donors (Lipinski definition) is 2. The van der Waals surface area contributed by atoms with Gasteiger partial charge in [-0.05, 0) is 24.7 Å². The van der Waals surface area contributed by atoms with Crippen molar-refractivity contribution in [1.82, 2.24) is 14.5 Å². The average Bonchev–Trinajstić information content (AvgIpc) is 2.69. The molecule has 0 radical (unpaired) electrons. The Morgan fingerprint density at radius 2 is 2.05 bits per heavy atom. The zero-order chi connectivity index (χ0) is 14.9. The highest BCUT2D eigenvalue weighted by Gasteiger charge is 2.32. The van der Waals surface area contributed by atoms with Crippen LogP contribution in [0.4, 0.5) is 5.82 Å². The Bertz CT molecular complexity index is 565. The first kappa shape index (κ1) is 15.3. The third-order valence-corrected chi connectivity index (χ3v) is 5.60. The third kappa shape index (κ3) is 3.15. The largest absolute Gasteiger partial charge is 0.381 e. The van der Waals surface area contributed by atoms with Gasteiger partial charge in [0.25, 0.3) is 0 Å². The molecule has 1 aromatic heterocycles. The fraction of sp³-hybridized carbons (Fsp3) is 0.769. The number of nitrogens with zero attached hydrogens (tertiary/aromatic N) is 2. The van der Waals surface area contributed by atoms with E-state index in [1.54, 1.807) is 7.05 Å². The van der Waals surface area contributed by atoms with Crippen molar-refractivity contribution in [1.29, 1.82) is 0 Å². The molecule has 1 fully saturated rings. The van der Waals surface area contributed by atoms with Crippen LogP contribution >= 0.6 is 0 Å². The summed E-state index contributed by atoms with van der Waals surface area (Å²) in [5, 5.41) is 3.90. The number of aryl methyl sites for hydroxylation is 1. The van der Waals surface area contributed by atoms with Gasteiger partial charge < -0.3 is 5.73 Å². The zero-order valence-electron chi connectivity index (χ0n) is 12.3. The van der Waals surface area contributed by atoms with Gasteiger partial charge in [0, 0.05) is 19.3 Å². The lowest BCUT2D eigenvalue weighted by atomic mass is 9.78. The molecule has 1 aromatic rings. The van der Waals surface area contributed by atoms with Crippen LogP contribution in [0.1, 0.15) is 39.5 Å². The van der Waals surface area contributed by atoms with Gasteiger partial charge in [0.2, 0.25) is 10.0 Å². The number of nitrogens with one attached hydrogen (secondary N) is 1. The molecule has 1 saturated carbocycles. The van der Waals surface area contributed by atoms with Gasteiger partial charge in [0.1, 0.15) is 4.90 Å². The number of nitrogen functional groups attached to an aromatic ring is 1. The summed E-state index contributed by atoms with van der Waals surface area (Å²) >= 11 is 0. The maximum Gasteiger partial charge on any atom is 0.246 e. The molecule has 2 atom stereocenters. The molecule has 0 amide bonds. The third-order valence-electron chi connectivity index (χ3n) is 4.09. The van der Waals surface area contributed by atoms with Crippen LogP contribution in [0.2, 0.25) is 0 Å². The Morgan fingerprint density at radius 3 is 2.60 bits per heavy atom. The van der Waals surface area contributed by atoms with Crippen molar-refractivity contribution in [2.75, 3.05) is 5.73 Å². The monoisotopic (exact) mass is 300 g/mol. The molecule has 1 heterocycles. The van der Waals surface area contributed by atoms with E-state index in [-0.39, 0.29) is 16.8 Å². The van der Waals surface area contributed by atoms with Gasteiger partial charge in [-0.25, -0.2) is 13.1 Å². The van der Waals surface area contributed by atoms with E-state index in [4.69, 9.17) is 5.73 Å². The molecule has 6 nitrogen and oxygen atoms in total. The van der Waals surface area contributed by atoms with E-state index in [1.807, 2.05) is 0 Å². The predicted molar refractivity (Wildman–Crippen MR) is 78.5 cm³/mol. The van der Waals surface area contributed by atoms with E-state index in [0.717, 1.165) is 19.3 Å². The maximum atomic E-state index is 12.5. The van der Waals surface area contributed by atoms with E-state index in [1.165, 1.54) is 17.3 Å². The van der Waals surface area contributed by atoms with E-state index in [0.29, 0.717) is 11.8 Å². The molecule has 0 aliphatic heterocycles. The molecule has 20 heavy (non-hydrogen) atoms. The number of rotatable bonds is 4. The fourth-order valence-corrected chi connectivity index (χ4v) is 4.48. The molecule has 2 unspecified atom stereocenters. The first-order chi connectivity index (χ1) is 9.31. The molecule has 0 bridgehead atoms. The highest BCUT2D eigenvalue weighted by Crippen LogP contribution is 2.31. The molecular weight excluding hydrogens is 276 g/mol. The smallest absolute Gasteiger partial charge is 0.246 e. The second-order valence-electron chi connectivity index (χ2n) is 5.97. The number of hydrogen-bond acceptors (Lipinski definition) is 4. The molecular formula is C13H24N4O2S. The highest BCUT2D eigenvalue weighted by molar-refractivity contribution is 7.89. The summed E-state index contributed by atoms with van der Waals surface area (Å²) in [6, 6.07) is -0.00615. The van der Waals surface area contributed by atoms with Crippen LogP contribution in [0.3, 0.4) is 0 Å². The molecule has 0 spiro atoms.